The summed E-state index contributed by atoms with van der Waals surface area (Å²) in [5, 5.41) is 3.14. The number of rotatable bonds is 6. The van der Waals surface area contributed by atoms with Gasteiger partial charge in [-0.1, -0.05) is 6.92 Å². The minimum absolute atomic E-state index is 0.198. The fourth-order valence-electron chi connectivity index (χ4n) is 1.07. The molecule has 1 rings (SSSR count). The van der Waals surface area contributed by atoms with E-state index in [4.69, 9.17) is 16.3 Å². The Kier molecular flexibility index (Phi) is 5.18. The van der Waals surface area contributed by atoms with Crippen LogP contribution in [0.1, 0.15) is 20.3 Å². The highest BCUT2D eigenvalue weighted by molar-refractivity contribution is 6.18. The van der Waals surface area contributed by atoms with Gasteiger partial charge in [0.15, 0.2) is 0 Å². The third-order valence-electron chi connectivity index (χ3n) is 1.93. The summed E-state index contributed by atoms with van der Waals surface area (Å²) in [6, 6.07) is 1.93. The molecular formula is C10H16ClN3O. The van der Waals surface area contributed by atoms with Crippen LogP contribution in [0.3, 0.4) is 0 Å². The Balaban J connectivity index is 2.64. The van der Waals surface area contributed by atoms with Crippen molar-refractivity contribution in [2.45, 2.75) is 26.3 Å². The van der Waals surface area contributed by atoms with Crippen LogP contribution in [0.25, 0.3) is 0 Å². The van der Waals surface area contributed by atoms with Crippen LogP contribution >= 0.6 is 11.6 Å². The maximum Gasteiger partial charge on any atom is 0.226 e. The summed E-state index contributed by atoms with van der Waals surface area (Å²) in [7, 11) is 0. The van der Waals surface area contributed by atoms with Gasteiger partial charge in [-0.3, -0.25) is 0 Å². The molecule has 15 heavy (non-hydrogen) atoms. The molecule has 84 valence electrons. The van der Waals surface area contributed by atoms with E-state index in [2.05, 4.69) is 22.2 Å². The van der Waals surface area contributed by atoms with Gasteiger partial charge in [-0.15, -0.1) is 11.6 Å². The smallest absolute Gasteiger partial charge is 0.226 e. The molecule has 5 heteroatoms. The van der Waals surface area contributed by atoms with Crippen LogP contribution in [-0.2, 0) is 0 Å². The zero-order chi connectivity index (χ0) is 11.1. The minimum Gasteiger partial charge on any atom is -0.478 e. The highest BCUT2D eigenvalue weighted by Gasteiger charge is 2.06. The SMILES string of the molecule is CCOc1ccnc(NC(CC)CCl)n1. The number of alkyl halides is 1. The lowest BCUT2D eigenvalue weighted by molar-refractivity contribution is 0.326. The van der Waals surface area contributed by atoms with Crippen molar-refractivity contribution >= 4 is 17.5 Å². The number of aromatic nitrogens is 2. The molecule has 0 aliphatic carbocycles. The molecule has 0 amide bonds. The highest BCUT2D eigenvalue weighted by Crippen LogP contribution is 2.10. The summed E-state index contributed by atoms with van der Waals surface area (Å²) >= 11 is 5.77. The second-order valence-corrected chi connectivity index (χ2v) is 3.36. The van der Waals surface area contributed by atoms with E-state index in [-0.39, 0.29) is 6.04 Å². The van der Waals surface area contributed by atoms with Crippen molar-refractivity contribution in [3.63, 3.8) is 0 Å². The first-order valence-electron chi connectivity index (χ1n) is 5.08. The first-order valence-corrected chi connectivity index (χ1v) is 5.61. The van der Waals surface area contributed by atoms with Gasteiger partial charge >= 0.3 is 0 Å². The maximum absolute atomic E-state index is 5.77. The predicted molar refractivity (Wildman–Crippen MR) is 61.6 cm³/mol. The highest BCUT2D eigenvalue weighted by atomic mass is 35.5. The summed E-state index contributed by atoms with van der Waals surface area (Å²) in [6.07, 6.45) is 2.60. The summed E-state index contributed by atoms with van der Waals surface area (Å²) in [5.74, 6) is 1.69. The molecule has 0 saturated carbocycles. The third kappa shape index (κ3) is 3.91. The van der Waals surface area contributed by atoms with Gasteiger partial charge in [0.25, 0.3) is 0 Å². The van der Waals surface area contributed by atoms with Crippen LogP contribution in [0.15, 0.2) is 12.3 Å². The molecule has 0 fully saturated rings. The molecular weight excluding hydrogens is 214 g/mol. The minimum atomic E-state index is 0.198. The Morgan fingerprint density at radius 1 is 1.53 bits per heavy atom. The lowest BCUT2D eigenvalue weighted by atomic mass is 10.3. The lowest BCUT2D eigenvalue weighted by Gasteiger charge is -2.13. The number of halogens is 1. The fourth-order valence-corrected chi connectivity index (χ4v) is 1.37. The van der Waals surface area contributed by atoms with Crippen LogP contribution in [-0.4, -0.2) is 28.5 Å². The molecule has 1 atom stereocenters. The van der Waals surface area contributed by atoms with E-state index in [9.17, 15) is 0 Å². The van der Waals surface area contributed by atoms with E-state index < -0.39 is 0 Å². The molecule has 0 saturated heterocycles. The molecule has 0 bridgehead atoms. The number of hydrogen-bond acceptors (Lipinski definition) is 4. The molecule has 0 radical (unpaired) electrons. The molecule has 0 aliphatic heterocycles. The van der Waals surface area contributed by atoms with E-state index in [1.165, 1.54) is 0 Å². The zero-order valence-corrected chi connectivity index (χ0v) is 9.79. The van der Waals surface area contributed by atoms with Gasteiger partial charge in [-0.05, 0) is 13.3 Å². The fraction of sp³-hybridized carbons (Fsp3) is 0.600. The number of nitrogens with zero attached hydrogens (tertiary/aromatic N) is 2. The Morgan fingerprint density at radius 3 is 2.93 bits per heavy atom. The third-order valence-corrected chi connectivity index (χ3v) is 2.31. The van der Waals surface area contributed by atoms with Crippen molar-refractivity contribution in [2.75, 3.05) is 17.8 Å². The first-order chi connectivity index (χ1) is 7.30. The molecule has 1 aromatic heterocycles. The molecule has 1 unspecified atom stereocenters. The number of anilines is 1. The topological polar surface area (TPSA) is 47.0 Å². The predicted octanol–water partition coefficient (Wildman–Crippen LogP) is 2.30. The van der Waals surface area contributed by atoms with Crippen molar-refractivity contribution in [1.82, 2.24) is 9.97 Å². The van der Waals surface area contributed by atoms with E-state index in [0.29, 0.717) is 24.3 Å². The second kappa shape index (κ2) is 6.45. The van der Waals surface area contributed by atoms with Crippen molar-refractivity contribution in [2.24, 2.45) is 0 Å². The van der Waals surface area contributed by atoms with Crippen LogP contribution in [0.4, 0.5) is 5.95 Å². The van der Waals surface area contributed by atoms with Gasteiger partial charge in [-0.2, -0.15) is 4.98 Å². The maximum atomic E-state index is 5.77. The van der Waals surface area contributed by atoms with Crippen molar-refractivity contribution < 1.29 is 4.74 Å². The van der Waals surface area contributed by atoms with Crippen LogP contribution < -0.4 is 10.1 Å². The van der Waals surface area contributed by atoms with Crippen LogP contribution in [0.2, 0.25) is 0 Å². The summed E-state index contributed by atoms with van der Waals surface area (Å²) in [5.41, 5.74) is 0. The number of nitrogens with one attached hydrogen (secondary N) is 1. The molecule has 0 spiro atoms. The largest absolute Gasteiger partial charge is 0.478 e. The average Bonchev–Trinajstić information content (AvgIpc) is 2.27. The number of hydrogen-bond donors (Lipinski definition) is 1. The average molecular weight is 230 g/mol. The zero-order valence-electron chi connectivity index (χ0n) is 9.03. The second-order valence-electron chi connectivity index (χ2n) is 3.06. The molecule has 0 aliphatic rings. The Hall–Kier alpha value is -1.03. The normalized spacial score (nSPS) is 12.2. The number of ether oxygens (including phenoxy) is 1. The van der Waals surface area contributed by atoms with E-state index >= 15 is 0 Å². The van der Waals surface area contributed by atoms with Gasteiger partial charge in [0.2, 0.25) is 11.8 Å². The standard InChI is InChI=1S/C10H16ClN3O/c1-3-8(7-11)13-10-12-6-5-9(14-10)15-4-2/h5-6,8H,3-4,7H2,1-2H3,(H,12,13,14). The van der Waals surface area contributed by atoms with E-state index in [0.717, 1.165) is 6.42 Å². The van der Waals surface area contributed by atoms with Crippen LogP contribution in [0, 0.1) is 0 Å². The molecule has 1 N–H and O–H groups in total. The van der Waals surface area contributed by atoms with Gasteiger partial charge in [0.1, 0.15) is 0 Å². The van der Waals surface area contributed by atoms with Gasteiger partial charge in [0.05, 0.1) is 6.61 Å². The van der Waals surface area contributed by atoms with Gasteiger partial charge in [-0.25, -0.2) is 4.98 Å². The Bertz CT molecular complexity index is 292. The molecule has 1 aromatic rings. The van der Waals surface area contributed by atoms with Crippen molar-refractivity contribution in [3.05, 3.63) is 12.3 Å². The van der Waals surface area contributed by atoms with Crippen LogP contribution in [0.5, 0.6) is 5.88 Å². The monoisotopic (exact) mass is 229 g/mol. The quantitative estimate of drug-likeness (QED) is 0.761. The lowest BCUT2D eigenvalue weighted by Crippen LogP contribution is -2.21. The van der Waals surface area contributed by atoms with E-state index in [1.807, 2.05) is 6.92 Å². The molecule has 0 aromatic carbocycles. The van der Waals surface area contributed by atoms with Crippen molar-refractivity contribution in [1.29, 1.82) is 0 Å². The van der Waals surface area contributed by atoms with E-state index in [1.54, 1.807) is 12.3 Å². The first kappa shape index (κ1) is 12.0. The molecule has 1 heterocycles. The van der Waals surface area contributed by atoms with Gasteiger partial charge < -0.3 is 10.1 Å². The Morgan fingerprint density at radius 2 is 2.33 bits per heavy atom. The van der Waals surface area contributed by atoms with Crippen molar-refractivity contribution in [3.8, 4) is 5.88 Å². The summed E-state index contributed by atoms with van der Waals surface area (Å²) in [4.78, 5) is 8.29. The molecule has 4 nitrogen and oxygen atoms in total. The van der Waals surface area contributed by atoms with Gasteiger partial charge in [0, 0.05) is 24.2 Å². The summed E-state index contributed by atoms with van der Waals surface area (Å²) < 4.78 is 5.27. The Labute approximate surface area is 95.0 Å². The summed E-state index contributed by atoms with van der Waals surface area (Å²) in [6.45, 7) is 4.58.